The van der Waals surface area contributed by atoms with E-state index >= 15 is 0 Å². The van der Waals surface area contributed by atoms with Crippen molar-refractivity contribution in [3.63, 3.8) is 0 Å². The van der Waals surface area contributed by atoms with E-state index in [1.165, 1.54) is 18.2 Å². The Kier molecular flexibility index (Phi) is 5.63. The quantitative estimate of drug-likeness (QED) is 0.365. The van der Waals surface area contributed by atoms with E-state index in [0.717, 1.165) is 4.90 Å². The number of epoxide rings is 2. The van der Waals surface area contributed by atoms with Gasteiger partial charge in [-0.2, -0.15) is 0 Å². The maximum atomic E-state index is 13.2. The van der Waals surface area contributed by atoms with Gasteiger partial charge in [-0.05, 0) is 42.5 Å². The number of rotatable bonds is 9. The number of nitrogens with zero attached hydrogens (tertiary/aromatic N) is 1. The van der Waals surface area contributed by atoms with E-state index in [0.29, 0.717) is 49.3 Å². The predicted molar refractivity (Wildman–Crippen MR) is 129 cm³/mol. The maximum absolute atomic E-state index is 13.2. The molecule has 9 heteroatoms. The molecule has 182 valence electrons. The fraction of sp³-hybridized carbons (Fsp3) is 0.222. The molecule has 0 bridgehead atoms. The summed E-state index contributed by atoms with van der Waals surface area (Å²) in [4.78, 5) is 40.2. The van der Waals surface area contributed by atoms with Crippen molar-refractivity contribution >= 4 is 29.1 Å². The molecule has 2 atom stereocenters. The van der Waals surface area contributed by atoms with E-state index in [-0.39, 0.29) is 28.9 Å². The molecule has 3 aromatic carbocycles. The molecular formula is C27H22N2O7. The lowest BCUT2D eigenvalue weighted by molar-refractivity contribution is 0.0925. The largest absolute Gasteiger partial charge is 0.491 e. The number of hydrogen-bond acceptors (Lipinski definition) is 7. The van der Waals surface area contributed by atoms with Crippen molar-refractivity contribution in [1.29, 1.82) is 0 Å². The second-order valence-corrected chi connectivity index (χ2v) is 8.72. The number of carbonyl (C=O) groups is 3. The smallest absolute Gasteiger partial charge is 0.266 e. The van der Waals surface area contributed by atoms with Gasteiger partial charge in [0.05, 0.1) is 30.0 Å². The summed E-state index contributed by atoms with van der Waals surface area (Å²) in [5, 5.41) is 2.81. The lowest BCUT2D eigenvalue weighted by Crippen LogP contribution is -2.29. The van der Waals surface area contributed by atoms with Crippen LogP contribution in [0.25, 0.3) is 0 Å². The van der Waals surface area contributed by atoms with E-state index in [2.05, 4.69) is 5.32 Å². The molecule has 2 unspecified atom stereocenters. The minimum atomic E-state index is -0.495. The minimum Gasteiger partial charge on any atom is -0.491 e. The fourth-order valence-corrected chi connectivity index (χ4v) is 3.90. The van der Waals surface area contributed by atoms with E-state index in [1.54, 1.807) is 48.5 Å². The number of benzene rings is 3. The van der Waals surface area contributed by atoms with Crippen LogP contribution in [0.15, 0.2) is 66.7 Å². The third kappa shape index (κ3) is 4.66. The Bertz CT molecular complexity index is 1360. The number of imide groups is 1. The molecule has 3 heterocycles. The molecule has 3 aromatic rings. The van der Waals surface area contributed by atoms with Gasteiger partial charge in [0.2, 0.25) is 0 Å². The SMILES string of the molecule is O=C(Nc1cccc(OCC2CO2)c1)c1ccc2c(c1)C(=O)N(c1cccc(OCC3CO3)c1)C2=O. The Balaban J connectivity index is 1.17. The van der Waals surface area contributed by atoms with Gasteiger partial charge in [0, 0.05) is 23.4 Å². The first kappa shape index (κ1) is 22.3. The number of amides is 3. The number of nitrogens with one attached hydrogen (secondary N) is 1. The zero-order valence-corrected chi connectivity index (χ0v) is 19.1. The topological polar surface area (TPSA) is 110 Å². The van der Waals surface area contributed by atoms with E-state index < -0.39 is 17.7 Å². The van der Waals surface area contributed by atoms with Crippen LogP contribution < -0.4 is 19.7 Å². The molecule has 3 amide bonds. The van der Waals surface area contributed by atoms with Gasteiger partial charge < -0.3 is 24.3 Å². The first-order chi connectivity index (χ1) is 17.5. The van der Waals surface area contributed by atoms with E-state index in [4.69, 9.17) is 18.9 Å². The molecule has 3 aliphatic rings. The van der Waals surface area contributed by atoms with Crippen molar-refractivity contribution < 1.29 is 33.3 Å². The monoisotopic (exact) mass is 486 g/mol. The van der Waals surface area contributed by atoms with Gasteiger partial charge in [-0.15, -0.1) is 0 Å². The highest BCUT2D eigenvalue weighted by Crippen LogP contribution is 2.31. The molecule has 0 aromatic heterocycles. The summed E-state index contributed by atoms with van der Waals surface area (Å²) >= 11 is 0. The van der Waals surface area contributed by atoms with Crippen LogP contribution in [0.1, 0.15) is 31.1 Å². The van der Waals surface area contributed by atoms with Crippen LogP contribution in [-0.2, 0) is 9.47 Å². The average molecular weight is 486 g/mol. The molecule has 1 N–H and O–H groups in total. The van der Waals surface area contributed by atoms with Gasteiger partial charge in [0.15, 0.2) is 0 Å². The summed E-state index contributed by atoms with van der Waals surface area (Å²) in [6, 6.07) is 18.3. The number of hydrogen-bond donors (Lipinski definition) is 1. The first-order valence-corrected chi connectivity index (χ1v) is 11.6. The van der Waals surface area contributed by atoms with E-state index in [1.807, 2.05) is 0 Å². The van der Waals surface area contributed by atoms with Crippen LogP contribution in [0.5, 0.6) is 11.5 Å². The highest BCUT2D eigenvalue weighted by atomic mass is 16.6. The lowest BCUT2D eigenvalue weighted by Gasteiger charge is -2.15. The summed E-state index contributed by atoms with van der Waals surface area (Å²) in [6.07, 6.45) is 0.215. The summed E-state index contributed by atoms with van der Waals surface area (Å²) < 4.78 is 21.6. The Morgan fingerprint density at radius 1 is 0.833 bits per heavy atom. The van der Waals surface area contributed by atoms with E-state index in [9.17, 15) is 14.4 Å². The van der Waals surface area contributed by atoms with Gasteiger partial charge in [-0.25, -0.2) is 4.90 Å². The molecule has 0 radical (unpaired) electrons. The van der Waals surface area contributed by atoms with Crippen LogP contribution in [-0.4, -0.2) is 56.4 Å². The van der Waals surface area contributed by atoms with Crippen LogP contribution >= 0.6 is 0 Å². The van der Waals surface area contributed by atoms with Gasteiger partial charge in [-0.3, -0.25) is 14.4 Å². The van der Waals surface area contributed by atoms with Gasteiger partial charge in [0.25, 0.3) is 17.7 Å². The highest BCUT2D eigenvalue weighted by molar-refractivity contribution is 6.34. The number of carbonyl (C=O) groups excluding carboxylic acids is 3. The van der Waals surface area contributed by atoms with Crippen LogP contribution in [0.3, 0.4) is 0 Å². The highest BCUT2D eigenvalue weighted by Gasteiger charge is 2.37. The summed E-state index contributed by atoms with van der Waals surface area (Å²) in [7, 11) is 0. The maximum Gasteiger partial charge on any atom is 0.266 e. The first-order valence-electron chi connectivity index (χ1n) is 11.6. The zero-order valence-electron chi connectivity index (χ0n) is 19.1. The standard InChI is InChI=1S/C27H22N2O7/c30-25(28-17-3-1-5-19(10-17)33-12-21-14-35-21)16-7-8-23-24(9-16)27(32)29(26(23)31)18-4-2-6-20(11-18)34-13-22-15-36-22/h1-11,21-22H,12-15H2,(H,28,30). The Hall–Kier alpha value is -4.21. The van der Waals surface area contributed by atoms with Gasteiger partial charge >= 0.3 is 0 Å². The van der Waals surface area contributed by atoms with Crippen LogP contribution in [0.4, 0.5) is 11.4 Å². The van der Waals surface area contributed by atoms with Gasteiger partial charge in [0.1, 0.15) is 36.9 Å². The molecular weight excluding hydrogens is 464 g/mol. The summed E-state index contributed by atoms with van der Waals surface area (Å²) in [6.45, 7) is 2.23. The minimum absolute atomic E-state index is 0.0878. The third-order valence-corrected chi connectivity index (χ3v) is 5.99. The second-order valence-electron chi connectivity index (χ2n) is 8.72. The van der Waals surface area contributed by atoms with Gasteiger partial charge in [-0.1, -0.05) is 12.1 Å². The Labute approximate surface area is 206 Å². The average Bonchev–Trinajstić information content (AvgIpc) is 3.82. The third-order valence-electron chi connectivity index (χ3n) is 5.99. The lowest BCUT2D eigenvalue weighted by atomic mass is 10.1. The molecule has 3 aliphatic heterocycles. The molecule has 36 heavy (non-hydrogen) atoms. The molecule has 9 nitrogen and oxygen atoms in total. The zero-order chi connectivity index (χ0) is 24.6. The normalized spacial score (nSPS) is 19.6. The summed E-state index contributed by atoms with van der Waals surface area (Å²) in [5.74, 6) is -0.198. The molecule has 6 rings (SSSR count). The van der Waals surface area contributed by atoms with Crippen molar-refractivity contribution in [1.82, 2.24) is 0 Å². The number of fused-ring (bicyclic) bond motifs is 1. The number of anilines is 2. The molecule has 0 saturated carbocycles. The van der Waals surface area contributed by atoms with Crippen molar-refractivity contribution in [2.45, 2.75) is 12.2 Å². The van der Waals surface area contributed by atoms with Crippen LogP contribution in [0, 0.1) is 0 Å². The summed E-state index contributed by atoms with van der Waals surface area (Å²) in [5.41, 5.74) is 1.62. The van der Waals surface area contributed by atoms with Crippen molar-refractivity contribution in [3.8, 4) is 11.5 Å². The molecule has 2 fully saturated rings. The molecule has 2 saturated heterocycles. The Morgan fingerprint density at radius 2 is 1.47 bits per heavy atom. The van der Waals surface area contributed by atoms with Crippen molar-refractivity contribution in [2.24, 2.45) is 0 Å². The van der Waals surface area contributed by atoms with Crippen LogP contribution in [0.2, 0.25) is 0 Å². The molecule has 0 aliphatic carbocycles. The van der Waals surface area contributed by atoms with Crippen molar-refractivity contribution in [2.75, 3.05) is 36.6 Å². The Morgan fingerprint density at radius 3 is 2.17 bits per heavy atom. The predicted octanol–water partition coefficient (Wildman–Crippen LogP) is 3.29. The second kappa shape index (κ2) is 9.10. The fourth-order valence-electron chi connectivity index (χ4n) is 3.90. The molecule has 0 spiro atoms. The van der Waals surface area contributed by atoms with Crippen molar-refractivity contribution in [3.05, 3.63) is 83.4 Å². The number of ether oxygens (including phenoxy) is 4.